The van der Waals surface area contributed by atoms with Crippen molar-refractivity contribution in [2.75, 3.05) is 16.8 Å². The third kappa shape index (κ3) is 6.68. The van der Waals surface area contributed by atoms with Crippen molar-refractivity contribution >= 4 is 46.6 Å². The summed E-state index contributed by atoms with van der Waals surface area (Å²) in [5.74, 6) is 0.209. The van der Waals surface area contributed by atoms with Crippen LogP contribution in [0.25, 0.3) is 0 Å². The molecule has 0 amide bonds. The van der Waals surface area contributed by atoms with E-state index in [4.69, 9.17) is 29.1 Å². The standard InChI is InChI=1S/C25H25ClFN5OS.C2H6/c1-25(2,16-33)32(24(34)31(3)20-12-9-18(15-28)22(26)23(20)27)19-10-7-17(8-11-19)5-4-6-21-29-13-14-30-21;1-2/h7-14,16H,4-6H2,1-3H3,(H,29,30);1-2H3. The summed E-state index contributed by atoms with van der Waals surface area (Å²) >= 11 is 11.7. The number of aromatic amines is 1. The van der Waals surface area contributed by atoms with Gasteiger partial charge in [-0.2, -0.15) is 5.26 Å². The molecule has 2 aromatic carbocycles. The number of nitrogens with zero attached hydrogens (tertiary/aromatic N) is 4. The summed E-state index contributed by atoms with van der Waals surface area (Å²) in [6, 6.07) is 12.5. The van der Waals surface area contributed by atoms with Gasteiger partial charge in [-0.3, -0.25) is 0 Å². The number of hydrogen-bond acceptors (Lipinski definition) is 4. The van der Waals surface area contributed by atoms with Crippen molar-refractivity contribution in [1.29, 1.82) is 5.26 Å². The van der Waals surface area contributed by atoms with Gasteiger partial charge in [0.25, 0.3) is 0 Å². The highest BCUT2D eigenvalue weighted by molar-refractivity contribution is 7.80. The van der Waals surface area contributed by atoms with E-state index in [2.05, 4.69) is 9.97 Å². The van der Waals surface area contributed by atoms with Crippen molar-refractivity contribution in [3.8, 4) is 6.07 Å². The molecule has 0 aliphatic heterocycles. The number of nitrogens with one attached hydrogen (secondary N) is 1. The average molecular weight is 528 g/mol. The normalized spacial score (nSPS) is 10.6. The lowest BCUT2D eigenvalue weighted by Crippen LogP contribution is -2.54. The van der Waals surface area contributed by atoms with Crippen LogP contribution in [0.2, 0.25) is 5.02 Å². The first-order chi connectivity index (χ1) is 17.2. The lowest BCUT2D eigenvalue weighted by molar-refractivity contribution is -0.111. The number of aryl methyl sites for hydroxylation is 2. The van der Waals surface area contributed by atoms with Gasteiger partial charge in [-0.25, -0.2) is 9.37 Å². The quantitative estimate of drug-likeness (QED) is 0.267. The molecule has 0 aliphatic carbocycles. The second-order valence-corrected chi connectivity index (χ2v) is 9.12. The van der Waals surface area contributed by atoms with Gasteiger partial charge in [0.15, 0.2) is 10.9 Å². The Hall–Kier alpha value is -3.28. The Morgan fingerprint density at radius 1 is 1.22 bits per heavy atom. The highest BCUT2D eigenvalue weighted by Crippen LogP contribution is 2.31. The van der Waals surface area contributed by atoms with Crippen molar-refractivity contribution < 1.29 is 9.18 Å². The predicted octanol–water partition coefficient (Wildman–Crippen LogP) is 6.48. The van der Waals surface area contributed by atoms with Crippen LogP contribution in [0.4, 0.5) is 15.8 Å². The Balaban J connectivity index is 0.00000222. The number of carbonyl (C=O) groups is 1. The molecule has 1 heterocycles. The number of benzene rings is 2. The summed E-state index contributed by atoms with van der Waals surface area (Å²) in [5.41, 5.74) is 0.983. The number of halogens is 2. The molecule has 0 atom stereocenters. The molecule has 9 heteroatoms. The molecule has 1 N–H and O–H groups in total. The average Bonchev–Trinajstić information content (AvgIpc) is 3.41. The van der Waals surface area contributed by atoms with E-state index in [9.17, 15) is 9.18 Å². The molecule has 36 heavy (non-hydrogen) atoms. The first kappa shape index (κ1) is 29.0. The SMILES string of the molecule is CC.CN(C(=S)N(c1ccc(CCCc2ncc[nH]2)cc1)C(C)(C)C=O)c1ccc(C#N)c(Cl)c1F. The Bertz CT molecular complexity index is 1210. The first-order valence-corrected chi connectivity index (χ1v) is 12.5. The number of imidazole rings is 1. The maximum Gasteiger partial charge on any atom is 0.181 e. The van der Waals surface area contributed by atoms with Gasteiger partial charge in [0, 0.05) is 31.5 Å². The van der Waals surface area contributed by atoms with Crippen LogP contribution in [0.15, 0.2) is 48.8 Å². The molecule has 6 nitrogen and oxygen atoms in total. The Kier molecular flexibility index (Phi) is 10.6. The van der Waals surface area contributed by atoms with Gasteiger partial charge in [-0.05, 0) is 68.7 Å². The smallest absolute Gasteiger partial charge is 0.181 e. The highest BCUT2D eigenvalue weighted by Gasteiger charge is 2.33. The third-order valence-electron chi connectivity index (χ3n) is 5.52. The number of H-pyrrole nitrogens is 1. The van der Waals surface area contributed by atoms with Gasteiger partial charge in [-0.15, -0.1) is 0 Å². The molecule has 0 bridgehead atoms. The van der Waals surface area contributed by atoms with E-state index in [1.807, 2.05) is 50.4 Å². The van der Waals surface area contributed by atoms with Gasteiger partial charge >= 0.3 is 0 Å². The highest BCUT2D eigenvalue weighted by atomic mass is 35.5. The minimum absolute atomic E-state index is 0.0370. The number of carbonyl (C=O) groups excluding carboxylic acids is 1. The maximum absolute atomic E-state index is 14.9. The Morgan fingerprint density at radius 3 is 2.44 bits per heavy atom. The van der Waals surface area contributed by atoms with Crippen LogP contribution in [-0.4, -0.2) is 34.0 Å². The zero-order valence-corrected chi connectivity index (χ0v) is 22.8. The second-order valence-electron chi connectivity index (χ2n) is 8.38. The summed E-state index contributed by atoms with van der Waals surface area (Å²) < 4.78 is 14.9. The molecule has 190 valence electrons. The zero-order chi connectivity index (χ0) is 26.9. The summed E-state index contributed by atoms with van der Waals surface area (Å²) in [6.45, 7) is 7.47. The van der Waals surface area contributed by atoms with E-state index >= 15 is 0 Å². The molecule has 0 fully saturated rings. The zero-order valence-electron chi connectivity index (χ0n) is 21.2. The van der Waals surface area contributed by atoms with E-state index in [-0.39, 0.29) is 21.4 Å². The molecule has 3 aromatic rings. The summed E-state index contributed by atoms with van der Waals surface area (Å²) in [7, 11) is 1.60. The molecular weight excluding hydrogens is 497 g/mol. The number of aldehydes is 1. The number of nitriles is 1. The molecule has 0 aliphatic rings. The van der Waals surface area contributed by atoms with E-state index in [1.165, 1.54) is 17.0 Å². The lowest BCUT2D eigenvalue weighted by atomic mass is 10.0. The third-order valence-corrected chi connectivity index (χ3v) is 6.34. The van der Waals surface area contributed by atoms with Crippen LogP contribution in [0.5, 0.6) is 0 Å². The van der Waals surface area contributed by atoms with Crippen molar-refractivity contribution in [2.45, 2.75) is 52.5 Å². The number of anilines is 2. The van der Waals surface area contributed by atoms with Crippen molar-refractivity contribution in [3.05, 3.63) is 76.6 Å². The molecular formula is C27H31ClFN5OS. The van der Waals surface area contributed by atoms with E-state index in [0.717, 1.165) is 36.9 Å². The summed E-state index contributed by atoms with van der Waals surface area (Å²) in [6.07, 6.45) is 7.02. The number of hydrogen-bond donors (Lipinski definition) is 1. The van der Waals surface area contributed by atoms with Gasteiger partial charge in [0.1, 0.15) is 18.2 Å². The van der Waals surface area contributed by atoms with Crippen molar-refractivity contribution in [2.24, 2.45) is 0 Å². The second kappa shape index (κ2) is 13.1. The number of thiocarbonyl (C=S) groups is 1. The van der Waals surface area contributed by atoms with Gasteiger partial charge in [0.2, 0.25) is 0 Å². The Morgan fingerprint density at radius 2 is 1.89 bits per heavy atom. The molecule has 1 aromatic heterocycles. The minimum atomic E-state index is -1.00. The van der Waals surface area contributed by atoms with E-state index in [1.54, 1.807) is 32.0 Å². The van der Waals surface area contributed by atoms with Crippen LogP contribution in [0.1, 0.15) is 51.1 Å². The molecule has 0 radical (unpaired) electrons. The van der Waals surface area contributed by atoms with Crippen molar-refractivity contribution in [1.82, 2.24) is 9.97 Å². The van der Waals surface area contributed by atoms with Gasteiger partial charge in [0.05, 0.1) is 21.8 Å². The number of rotatable bonds is 8. The first-order valence-electron chi connectivity index (χ1n) is 11.7. The van der Waals surface area contributed by atoms with E-state index < -0.39 is 11.4 Å². The lowest BCUT2D eigenvalue weighted by Gasteiger charge is -2.39. The maximum atomic E-state index is 14.9. The minimum Gasteiger partial charge on any atom is -0.349 e. The van der Waals surface area contributed by atoms with Gasteiger partial charge < -0.3 is 19.6 Å². The van der Waals surface area contributed by atoms with Crippen LogP contribution in [-0.2, 0) is 17.6 Å². The van der Waals surface area contributed by atoms with Gasteiger partial charge in [-0.1, -0.05) is 37.6 Å². The number of aromatic nitrogens is 2. The van der Waals surface area contributed by atoms with E-state index in [0.29, 0.717) is 5.69 Å². The van der Waals surface area contributed by atoms with Crippen LogP contribution < -0.4 is 9.80 Å². The fourth-order valence-electron chi connectivity index (χ4n) is 3.59. The van der Waals surface area contributed by atoms with Crippen LogP contribution >= 0.6 is 23.8 Å². The monoisotopic (exact) mass is 527 g/mol. The molecule has 0 unspecified atom stereocenters. The van der Waals surface area contributed by atoms with Crippen LogP contribution in [0.3, 0.4) is 0 Å². The molecule has 0 spiro atoms. The fourth-order valence-corrected chi connectivity index (χ4v) is 4.23. The molecule has 3 rings (SSSR count). The fraction of sp³-hybridized carbons (Fsp3) is 0.333. The van der Waals surface area contributed by atoms with Crippen LogP contribution in [0, 0.1) is 17.1 Å². The topological polar surface area (TPSA) is 76.0 Å². The Labute approximate surface area is 222 Å². The molecule has 0 saturated heterocycles. The largest absolute Gasteiger partial charge is 0.349 e. The summed E-state index contributed by atoms with van der Waals surface area (Å²) in [4.78, 5) is 22.4. The predicted molar refractivity (Wildman–Crippen MR) is 148 cm³/mol. The summed E-state index contributed by atoms with van der Waals surface area (Å²) in [5, 5.41) is 9.03. The molecule has 0 saturated carbocycles. The van der Waals surface area contributed by atoms with Crippen molar-refractivity contribution in [3.63, 3.8) is 0 Å².